The molecule has 0 saturated carbocycles. The van der Waals surface area contributed by atoms with Crippen LogP contribution in [0.3, 0.4) is 0 Å². The molecule has 2 aromatic carbocycles. The average Bonchev–Trinajstić information content (AvgIpc) is 2.87. The SMILES string of the molecule is CC1(C)[C@@H](N(O)C(=O)Nc2cccc(Cl)c2)N(c2cccc(Cl)c2)C(=O)N1CC(=O)O. The predicted molar refractivity (Wildman–Crippen MR) is 116 cm³/mol. The van der Waals surface area contributed by atoms with Gasteiger partial charge in [-0.05, 0) is 50.2 Å². The molecule has 2 aromatic rings. The minimum Gasteiger partial charge on any atom is -0.480 e. The number of nitrogens with zero attached hydrogens (tertiary/aromatic N) is 3. The number of rotatable bonds is 5. The normalized spacial score (nSPS) is 17.6. The van der Waals surface area contributed by atoms with Crippen LogP contribution < -0.4 is 10.2 Å². The van der Waals surface area contributed by atoms with E-state index in [0.29, 0.717) is 20.8 Å². The van der Waals surface area contributed by atoms with Gasteiger partial charge in [0.15, 0.2) is 6.17 Å². The number of aliphatic carboxylic acids is 1. The highest BCUT2D eigenvalue weighted by Crippen LogP contribution is 2.38. The number of hydroxylamine groups is 2. The summed E-state index contributed by atoms with van der Waals surface area (Å²) in [5, 5.41) is 23.7. The van der Waals surface area contributed by atoms with E-state index >= 15 is 0 Å². The summed E-state index contributed by atoms with van der Waals surface area (Å²) in [5.74, 6) is -1.24. The van der Waals surface area contributed by atoms with Crippen LogP contribution in [0.25, 0.3) is 0 Å². The minimum absolute atomic E-state index is 0.290. The lowest BCUT2D eigenvalue weighted by Gasteiger charge is -2.38. The predicted octanol–water partition coefficient (Wildman–Crippen LogP) is 4.35. The maximum atomic E-state index is 13.2. The van der Waals surface area contributed by atoms with E-state index in [0.717, 1.165) is 9.80 Å². The molecule has 0 radical (unpaired) electrons. The number of carbonyl (C=O) groups is 3. The Morgan fingerprint density at radius 3 is 2.32 bits per heavy atom. The number of carboxylic acids is 1. The van der Waals surface area contributed by atoms with Crippen LogP contribution in [0.4, 0.5) is 21.0 Å². The van der Waals surface area contributed by atoms with Crippen LogP contribution in [0.5, 0.6) is 0 Å². The fraction of sp³-hybridized carbons (Fsp3) is 0.250. The lowest BCUT2D eigenvalue weighted by atomic mass is 10.00. The summed E-state index contributed by atoms with van der Waals surface area (Å²) in [5.41, 5.74) is -0.661. The number of urea groups is 2. The number of anilines is 2. The first-order valence-electron chi connectivity index (χ1n) is 9.15. The lowest BCUT2D eigenvalue weighted by Crippen LogP contribution is -2.58. The Morgan fingerprint density at radius 1 is 1.13 bits per heavy atom. The number of benzene rings is 2. The van der Waals surface area contributed by atoms with Gasteiger partial charge in [-0.2, -0.15) is 5.06 Å². The number of nitrogens with one attached hydrogen (secondary N) is 1. The quantitative estimate of drug-likeness (QED) is 0.447. The number of carbonyl (C=O) groups excluding carboxylic acids is 2. The number of carboxylic acid groups (broad SMARTS) is 1. The molecule has 3 rings (SSSR count). The van der Waals surface area contributed by atoms with E-state index < -0.39 is 36.3 Å². The van der Waals surface area contributed by atoms with Crippen LogP contribution in [0.1, 0.15) is 13.8 Å². The molecule has 0 bridgehead atoms. The molecular weight excluding hydrogens is 447 g/mol. The van der Waals surface area contributed by atoms with E-state index in [2.05, 4.69) is 5.32 Å². The van der Waals surface area contributed by atoms with Gasteiger partial charge in [0.05, 0.1) is 5.54 Å². The minimum atomic E-state index is -1.28. The van der Waals surface area contributed by atoms with Gasteiger partial charge in [0.2, 0.25) is 0 Å². The molecule has 1 fully saturated rings. The highest BCUT2D eigenvalue weighted by atomic mass is 35.5. The van der Waals surface area contributed by atoms with Gasteiger partial charge in [-0.1, -0.05) is 35.3 Å². The molecule has 0 aromatic heterocycles. The Morgan fingerprint density at radius 2 is 1.74 bits per heavy atom. The summed E-state index contributed by atoms with van der Waals surface area (Å²) in [6.45, 7) is 2.49. The van der Waals surface area contributed by atoms with Crippen molar-refractivity contribution in [1.82, 2.24) is 9.96 Å². The zero-order valence-corrected chi connectivity index (χ0v) is 18.1. The van der Waals surface area contributed by atoms with Gasteiger partial charge in [-0.15, -0.1) is 0 Å². The average molecular weight is 467 g/mol. The third-order valence-corrected chi connectivity index (χ3v) is 5.37. The molecule has 1 heterocycles. The Hall–Kier alpha value is -3.01. The molecule has 0 unspecified atom stereocenters. The van der Waals surface area contributed by atoms with E-state index in [4.69, 9.17) is 23.2 Å². The number of hydrogen-bond acceptors (Lipinski definition) is 4. The Bertz CT molecular complexity index is 1030. The molecule has 11 heteroatoms. The fourth-order valence-corrected chi connectivity index (χ4v) is 3.86. The maximum Gasteiger partial charge on any atom is 0.347 e. The van der Waals surface area contributed by atoms with Crippen molar-refractivity contribution < 1.29 is 24.7 Å². The van der Waals surface area contributed by atoms with Crippen molar-refractivity contribution in [2.24, 2.45) is 0 Å². The molecule has 4 amide bonds. The summed E-state index contributed by atoms with van der Waals surface area (Å²) in [6.07, 6.45) is -1.27. The molecule has 1 atom stereocenters. The Labute approximate surface area is 188 Å². The number of hydrogen-bond donors (Lipinski definition) is 3. The maximum absolute atomic E-state index is 13.2. The van der Waals surface area contributed by atoms with Crippen LogP contribution in [0.15, 0.2) is 48.5 Å². The van der Waals surface area contributed by atoms with Crippen molar-refractivity contribution in [3.05, 3.63) is 58.6 Å². The van der Waals surface area contributed by atoms with Crippen molar-refractivity contribution in [2.75, 3.05) is 16.8 Å². The van der Waals surface area contributed by atoms with Gasteiger partial charge >= 0.3 is 18.0 Å². The van der Waals surface area contributed by atoms with Crippen LogP contribution in [-0.2, 0) is 4.79 Å². The van der Waals surface area contributed by atoms with Gasteiger partial charge in [0.25, 0.3) is 0 Å². The van der Waals surface area contributed by atoms with Gasteiger partial charge in [-0.3, -0.25) is 14.9 Å². The van der Waals surface area contributed by atoms with E-state index in [1.807, 2.05) is 0 Å². The summed E-state index contributed by atoms with van der Waals surface area (Å²) in [6, 6.07) is 10.9. The second-order valence-corrected chi connectivity index (χ2v) is 8.30. The van der Waals surface area contributed by atoms with Crippen molar-refractivity contribution in [2.45, 2.75) is 25.6 Å². The zero-order valence-electron chi connectivity index (χ0n) is 16.6. The molecule has 3 N–H and O–H groups in total. The van der Waals surface area contributed by atoms with E-state index in [-0.39, 0.29) is 5.69 Å². The topological polar surface area (TPSA) is 113 Å². The first kappa shape index (κ1) is 22.7. The fourth-order valence-electron chi connectivity index (χ4n) is 3.49. The van der Waals surface area contributed by atoms with Gasteiger partial charge in [0, 0.05) is 21.4 Å². The molecule has 1 aliphatic heterocycles. The summed E-state index contributed by atoms with van der Waals surface area (Å²) >= 11 is 12.0. The summed E-state index contributed by atoms with van der Waals surface area (Å²) in [4.78, 5) is 39.5. The van der Waals surface area contributed by atoms with Crippen molar-refractivity contribution >= 4 is 52.6 Å². The molecule has 1 aliphatic rings. The molecule has 164 valence electrons. The second kappa shape index (κ2) is 8.62. The molecule has 0 aliphatic carbocycles. The van der Waals surface area contributed by atoms with E-state index in [9.17, 15) is 24.7 Å². The third kappa shape index (κ3) is 4.53. The molecule has 1 saturated heterocycles. The van der Waals surface area contributed by atoms with Crippen LogP contribution in [0, 0.1) is 0 Å². The zero-order chi connectivity index (χ0) is 22.9. The van der Waals surface area contributed by atoms with E-state index in [1.165, 1.54) is 12.1 Å². The van der Waals surface area contributed by atoms with Gasteiger partial charge in [0.1, 0.15) is 6.54 Å². The summed E-state index contributed by atoms with van der Waals surface area (Å²) < 4.78 is 0. The third-order valence-electron chi connectivity index (χ3n) is 4.90. The number of amides is 4. The van der Waals surface area contributed by atoms with Crippen molar-refractivity contribution in [3.63, 3.8) is 0 Å². The molecule has 0 spiro atoms. The largest absolute Gasteiger partial charge is 0.480 e. The highest BCUT2D eigenvalue weighted by Gasteiger charge is 2.56. The Balaban J connectivity index is 2.00. The van der Waals surface area contributed by atoms with Crippen LogP contribution in [0.2, 0.25) is 10.0 Å². The van der Waals surface area contributed by atoms with Gasteiger partial charge < -0.3 is 15.3 Å². The van der Waals surface area contributed by atoms with E-state index in [1.54, 1.807) is 50.2 Å². The lowest BCUT2D eigenvalue weighted by molar-refractivity contribution is -0.140. The van der Waals surface area contributed by atoms with Crippen molar-refractivity contribution in [3.8, 4) is 0 Å². The summed E-state index contributed by atoms with van der Waals surface area (Å²) in [7, 11) is 0. The van der Waals surface area contributed by atoms with Crippen LogP contribution in [-0.4, -0.2) is 56.6 Å². The highest BCUT2D eigenvalue weighted by molar-refractivity contribution is 6.31. The first-order chi connectivity index (χ1) is 14.5. The first-order valence-corrected chi connectivity index (χ1v) is 9.91. The molecule has 9 nitrogen and oxygen atoms in total. The molecule has 31 heavy (non-hydrogen) atoms. The number of halogens is 2. The second-order valence-electron chi connectivity index (χ2n) is 7.42. The monoisotopic (exact) mass is 466 g/mol. The Kier molecular flexibility index (Phi) is 6.30. The van der Waals surface area contributed by atoms with Crippen LogP contribution >= 0.6 is 23.2 Å². The van der Waals surface area contributed by atoms with Gasteiger partial charge in [-0.25, -0.2) is 9.59 Å². The van der Waals surface area contributed by atoms with Crippen molar-refractivity contribution in [1.29, 1.82) is 0 Å². The molecular formula is C20H20Cl2N4O5. The smallest absolute Gasteiger partial charge is 0.347 e. The standard InChI is InChI=1S/C20H20Cl2N4O5/c1-20(2)17(26(31)18(29)23-14-7-3-5-12(21)9-14)25(15-8-4-6-13(22)10-15)19(30)24(20)11-16(27)28/h3-10,17,31H,11H2,1-2H3,(H,23,29)(H,27,28)/t17-/m1/s1.